The lowest BCUT2D eigenvalue weighted by atomic mass is 9.93. The van der Waals surface area contributed by atoms with Crippen LogP contribution in [-0.2, 0) is 0 Å². The van der Waals surface area contributed by atoms with Gasteiger partial charge in [-0.2, -0.15) is 0 Å². The Hall–Kier alpha value is -5.54. The van der Waals surface area contributed by atoms with Crippen molar-refractivity contribution >= 4 is 54.9 Å². The van der Waals surface area contributed by atoms with Crippen LogP contribution in [0.15, 0.2) is 148 Å². The molecule has 192 valence electrons. The van der Waals surface area contributed by atoms with Crippen LogP contribution in [0.2, 0.25) is 0 Å². The largest absolute Gasteiger partial charge is 0.456 e. The van der Waals surface area contributed by atoms with E-state index in [4.69, 9.17) is 8.83 Å². The third kappa shape index (κ3) is 3.26. The zero-order valence-corrected chi connectivity index (χ0v) is 22.0. The van der Waals surface area contributed by atoms with E-state index in [0.717, 1.165) is 77.3 Å². The molecule has 0 N–H and O–H groups in total. The van der Waals surface area contributed by atoms with Gasteiger partial charge in [-0.15, -0.1) is 0 Å². The molecule has 0 unspecified atom stereocenters. The first-order chi connectivity index (χ1) is 20.3. The first kappa shape index (κ1) is 22.3. The van der Waals surface area contributed by atoms with Crippen molar-refractivity contribution in [2.75, 3.05) is 0 Å². The fourth-order valence-electron chi connectivity index (χ4n) is 6.36. The van der Waals surface area contributed by atoms with E-state index in [1.54, 1.807) is 0 Å². The summed E-state index contributed by atoms with van der Waals surface area (Å²) in [5, 5.41) is 4.49. The molecule has 0 amide bonds. The zero-order chi connectivity index (χ0) is 26.9. The SMILES string of the molecule is c1ccc(-n2c3ccccc3c3oc4ccc(-c5ccccc5-c5ccc6c(c5)oc5ccccc56)cc4c32)cc1. The maximum Gasteiger partial charge on any atom is 0.161 e. The topological polar surface area (TPSA) is 31.2 Å². The molecule has 0 saturated carbocycles. The zero-order valence-electron chi connectivity index (χ0n) is 22.0. The first-order valence-electron chi connectivity index (χ1n) is 13.9. The molecule has 0 radical (unpaired) electrons. The number of aromatic nitrogens is 1. The van der Waals surface area contributed by atoms with E-state index in [0.29, 0.717) is 0 Å². The fraction of sp³-hybridized carbons (Fsp3) is 0. The Morgan fingerprint density at radius 1 is 0.415 bits per heavy atom. The minimum absolute atomic E-state index is 0.885. The van der Waals surface area contributed by atoms with E-state index in [2.05, 4.69) is 132 Å². The fourth-order valence-corrected chi connectivity index (χ4v) is 6.36. The van der Waals surface area contributed by atoms with E-state index in [1.165, 1.54) is 5.56 Å². The highest BCUT2D eigenvalue weighted by atomic mass is 16.3. The molecule has 0 bridgehead atoms. The summed E-state index contributed by atoms with van der Waals surface area (Å²) in [5.41, 5.74) is 11.6. The number of nitrogens with zero attached hydrogens (tertiary/aromatic N) is 1. The van der Waals surface area contributed by atoms with Gasteiger partial charge in [0, 0.05) is 27.2 Å². The van der Waals surface area contributed by atoms with Crippen molar-refractivity contribution in [3.8, 4) is 27.9 Å². The van der Waals surface area contributed by atoms with Gasteiger partial charge in [0.05, 0.1) is 5.52 Å². The Balaban J connectivity index is 1.27. The Morgan fingerprint density at radius 3 is 1.90 bits per heavy atom. The molecule has 3 nitrogen and oxygen atoms in total. The number of hydrogen-bond donors (Lipinski definition) is 0. The highest BCUT2D eigenvalue weighted by Crippen LogP contribution is 2.42. The van der Waals surface area contributed by atoms with Gasteiger partial charge in [0.1, 0.15) is 22.3 Å². The van der Waals surface area contributed by atoms with E-state index in [1.807, 2.05) is 12.1 Å². The Morgan fingerprint density at radius 2 is 1.05 bits per heavy atom. The molecule has 9 aromatic rings. The molecular formula is C38H23NO2. The van der Waals surface area contributed by atoms with Crippen molar-refractivity contribution in [2.24, 2.45) is 0 Å². The van der Waals surface area contributed by atoms with Crippen LogP contribution >= 0.6 is 0 Å². The highest BCUT2D eigenvalue weighted by Gasteiger charge is 2.20. The van der Waals surface area contributed by atoms with E-state index in [-0.39, 0.29) is 0 Å². The Labute approximate surface area is 235 Å². The van der Waals surface area contributed by atoms with Gasteiger partial charge in [-0.05, 0) is 76.9 Å². The molecule has 0 aliphatic rings. The number of benzene rings is 6. The van der Waals surface area contributed by atoms with Crippen LogP contribution in [0.1, 0.15) is 0 Å². The summed E-state index contributed by atoms with van der Waals surface area (Å²) >= 11 is 0. The van der Waals surface area contributed by atoms with Crippen LogP contribution in [0, 0.1) is 0 Å². The Bertz CT molecular complexity index is 2420. The predicted molar refractivity (Wildman–Crippen MR) is 169 cm³/mol. The van der Waals surface area contributed by atoms with Crippen LogP contribution in [-0.4, -0.2) is 4.57 Å². The lowest BCUT2D eigenvalue weighted by Crippen LogP contribution is -1.93. The van der Waals surface area contributed by atoms with Crippen LogP contribution in [0.4, 0.5) is 0 Å². The molecule has 41 heavy (non-hydrogen) atoms. The summed E-state index contributed by atoms with van der Waals surface area (Å²) in [6, 6.07) is 48.9. The van der Waals surface area contributed by atoms with Gasteiger partial charge in [-0.3, -0.25) is 0 Å². The number of furan rings is 2. The summed E-state index contributed by atoms with van der Waals surface area (Å²) in [6.45, 7) is 0. The second-order valence-electron chi connectivity index (χ2n) is 10.5. The van der Waals surface area contributed by atoms with Crippen LogP contribution in [0.25, 0.3) is 82.9 Å². The summed E-state index contributed by atoms with van der Waals surface area (Å²) in [7, 11) is 0. The predicted octanol–water partition coefficient (Wildman–Crippen LogP) is 10.8. The average molecular weight is 526 g/mol. The number of para-hydroxylation sites is 3. The highest BCUT2D eigenvalue weighted by molar-refractivity contribution is 6.17. The van der Waals surface area contributed by atoms with Gasteiger partial charge in [-0.25, -0.2) is 0 Å². The number of rotatable bonds is 3. The summed E-state index contributed by atoms with van der Waals surface area (Å²) in [4.78, 5) is 0. The van der Waals surface area contributed by atoms with Crippen LogP contribution in [0.3, 0.4) is 0 Å². The maximum absolute atomic E-state index is 6.52. The maximum atomic E-state index is 6.52. The summed E-state index contributed by atoms with van der Waals surface area (Å²) in [5.74, 6) is 0. The number of hydrogen-bond acceptors (Lipinski definition) is 2. The number of fused-ring (bicyclic) bond motifs is 8. The first-order valence-corrected chi connectivity index (χ1v) is 13.9. The lowest BCUT2D eigenvalue weighted by molar-refractivity contribution is 0.669. The van der Waals surface area contributed by atoms with E-state index in [9.17, 15) is 0 Å². The van der Waals surface area contributed by atoms with E-state index < -0.39 is 0 Å². The van der Waals surface area contributed by atoms with Gasteiger partial charge in [0.15, 0.2) is 5.58 Å². The van der Waals surface area contributed by atoms with Crippen molar-refractivity contribution in [3.63, 3.8) is 0 Å². The van der Waals surface area contributed by atoms with Gasteiger partial charge in [0.2, 0.25) is 0 Å². The molecule has 3 heteroatoms. The normalized spacial score (nSPS) is 11.9. The van der Waals surface area contributed by atoms with Crippen molar-refractivity contribution in [1.82, 2.24) is 4.57 Å². The molecule has 6 aromatic carbocycles. The molecule has 9 rings (SSSR count). The molecule has 0 aliphatic carbocycles. The van der Waals surface area contributed by atoms with Crippen LogP contribution < -0.4 is 0 Å². The third-order valence-corrected chi connectivity index (χ3v) is 8.22. The summed E-state index contributed by atoms with van der Waals surface area (Å²) in [6.07, 6.45) is 0. The molecule has 0 fully saturated rings. The molecule has 3 aromatic heterocycles. The standard InChI is InChI=1S/C38H23NO2/c1-2-10-26(11-3-1)39-33-16-8-6-15-31(33)38-37(39)32-22-24(19-21-35(32)41-38)27-12-4-5-13-28(27)25-18-20-30-29-14-7-9-17-34(29)40-36(30)23-25/h1-23H. The van der Waals surface area contributed by atoms with Crippen LogP contribution in [0.5, 0.6) is 0 Å². The molecule has 0 saturated heterocycles. The van der Waals surface area contributed by atoms with E-state index >= 15 is 0 Å². The quantitative estimate of drug-likeness (QED) is 0.230. The van der Waals surface area contributed by atoms with Crippen molar-refractivity contribution < 1.29 is 8.83 Å². The van der Waals surface area contributed by atoms with Crippen molar-refractivity contribution in [2.45, 2.75) is 0 Å². The third-order valence-electron chi connectivity index (χ3n) is 8.22. The molecular weight excluding hydrogens is 502 g/mol. The minimum Gasteiger partial charge on any atom is -0.456 e. The second kappa shape index (κ2) is 8.48. The average Bonchev–Trinajstić information content (AvgIpc) is 3.69. The molecule has 0 aliphatic heterocycles. The molecule has 0 spiro atoms. The van der Waals surface area contributed by atoms with Gasteiger partial charge >= 0.3 is 0 Å². The summed E-state index contributed by atoms with van der Waals surface area (Å²) < 4.78 is 15.1. The van der Waals surface area contributed by atoms with Crippen molar-refractivity contribution in [3.05, 3.63) is 140 Å². The van der Waals surface area contributed by atoms with Gasteiger partial charge in [-0.1, -0.05) is 84.9 Å². The lowest BCUT2D eigenvalue weighted by Gasteiger charge is -2.11. The monoisotopic (exact) mass is 525 g/mol. The van der Waals surface area contributed by atoms with Gasteiger partial charge in [0.25, 0.3) is 0 Å². The second-order valence-corrected chi connectivity index (χ2v) is 10.5. The van der Waals surface area contributed by atoms with Gasteiger partial charge < -0.3 is 13.4 Å². The molecule has 3 heterocycles. The molecule has 0 atom stereocenters. The van der Waals surface area contributed by atoms with Crippen molar-refractivity contribution in [1.29, 1.82) is 0 Å². The minimum atomic E-state index is 0.885. The smallest absolute Gasteiger partial charge is 0.161 e. The Kier molecular flexibility index (Phi) is 4.61.